The van der Waals surface area contributed by atoms with Crippen LogP contribution in [0.5, 0.6) is 0 Å². The number of amides is 1. The SMILES string of the molecule is CC(C)NC(=O)CCn1cncc1C=O. The largest absolute Gasteiger partial charge is 0.354 e. The molecule has 5 heteroatoms. The van der Waals surface area contributed by atoms with E-state index < -0.39 is 0 Å². The second-order valence-corrected chi connectivity index (χ2v) is 3.60. The number of aryl methyl sites for hydroxylation is 1. The quantitative estimate of drug-likeness (QED) is 0.723. The van der Waals surface area contributed by atoms with Gasteiger partial charge in [-0.05, 0) is 13.8 Å². The number of rotatable bonds is 5. The molecule has 0 aromatic carbocycles. The number of carbonyl (C=O) groups excluding carboxylic acids is 2. The Hall–Kier alpha value is -1.65. The van der Waals surface area contributed by atoms with Crippen molar-refractivity contribution >= 4 is 12.2 Å². The first-order valence-electron chi connectivity index (χ1n) is 4.88. The van der Waals surface area contributed by atoms with Gasteiger partial charge in [0.15, 0.2) is 6.29 Å². The van der Waals surface area contributed by atoms with E-state index >= 15 is 0 Å². The Balaban J connectivity index is 2.43. The molecule has 1 N–H and O–H groups in total. The van der Waals surface area contributed by atoms with Crippen molar-refractivity contribution in [2.45, 2.75) is 32.9 Å². The first-order chi connectivity index (χ1) is 7.13. The Bertz CT molecular complexity index is 344. The second-order valence-electron chi connectivity index (χ2n) is 3.60. The number of nitrogens with one attached hydrogen (secondary N) is 1. The van der Waals surface area contributed by atoms with Gasteiger partial charge in [-0.15, -0.1) is 0 Å². The summed E-state index contributed by atoms with van der Waals surface area (Å²) in [5, 5.41) is 2.78. The van der Waals surface area contributed by atoms with Gasteiger partial charge in [0.2, 0.25) is 5.91 Å². The third kappa shape index (κ3) is 3.53. The van der Waals surface area contributed by atoms with Gasteiger partial charge in [-0.1, -0.05) is 0 Å². The number of imidazole rings is 1. The van der Waals surface area contributed by atoms with E-state index in [2.05, 4.69) is 10.3 Å². The Labute approximate surface area is 88.5 Å². The van der Waals surface area contributed by atoms with Crippen molar-refractivity contribution in [1.29, 1.82) is 0 Å². The summed E-state index contributed by atoms with van der Waals surface area (Å²) in [4.78, 5) is 25.7. The van der Waals surface area contributed by atoms with Crippen LogP contribution in [0.2, 0.25) is 0 Å². The molecule has 0 spiro atoms. The van der Waals surface area contributed by atoms with Crippen LogP contribution in [-0.2, 0) is 11.3 Å². The molecule has 0 radical (unpaired) electrons. The zero-order valence-corrected chi connectivity index (χ0v) is 8.93. The Morgan fingerprint density at radius 3 is 3.00 bits per heavy atom. The molecule has 0 bridgehead atoms. The topological polar surface area (TPSA) is 64.0 Å². The molecule has 1 amide bonds. The van der Waals surface area contributed by atoms with Crippen molar-refractivity contribution in [1.82, 2.24) is 14.9 Å². The minimum Gasteiger partial charge on any atom is -0.354 e. The molecule has 0 aliphatic carbocycles. The van der Waals surface area contributed by atoms with Crippen molar-refractivity contribution in [3.8, 4) is 0 Å². The normalized spacial score (nSPS) is 10.3. The number of hydrogen-bond acceptors (Lipinski definition) is 3. The average molecular weight is 209 g/mol. The van der Waals surface area contributed by atoms with E-state index in [-0.39, 0.29) is 11.9 Å². The van der Waals surface area contributed by atoms with Crippen LogP contribution >= 0.6 is 0 Å². The highest BCUT2D eigenvalue weighted by atomic mass is 16.1. The molecule has 15 heavy (non-hydrogen) atoms. The molecule has 82 valence electrons. The van der Waals surface area contributed by atoms with Crippen LogP contribution in [0.1, 0.15) is 30.8 Å². The van der Waals surface area contributed by atoms with Gasteiger partial charge < -0.3 is 9.88 Å². The predicted molar refractivity (Wildman–Crippen MR) is 55.5 cm³/mol. The van der Waals surface area contributed by atoms with E-state index in [1.165, 1.54) is 6.20 Å². The standard InChI is InChI=1S/C10H15N3O2/c1-8(2)12-10(15)3-4-13-7-11-5-9(13)6-14/h5-8H,3-4H2,1-2H3,(H,12,15). The Kier molecular flexibility index (Phi) is 4.03. The van der Waals surface area contributed by atoms with Gasteiger partial charge in [0.1, 0.15) is 5.69 Å². The van der Waals surface area contributed by atoms with E-state index in [1.807, 2.05) is 13.8 Å². The van der Waals surface area contributed by atoms with Crippen molar-refractivity contribution < 1.29 is 9.59 Å². The van der Waals surface area contributed by atoms with Crippen molar-refractivity contribution in [2.24, 2.45) is 0 Å². The predicted octanol–water partition coefficient (Wildman–Crippen LogP) is 0.610. The molecule has 0 aliphatic heterocycles. The summed E-state index contributed by atoms with van der Waals surface area (Å²) < 4.78 is 1.66. The van der Waals surface area contributed by atoms with Crippen LogP contribution in [0.4, 0.5) is 0 Å². The average Bonchev–Trinajstić information content (AvgIpc) is 2.60. The Morgan fingerprint density at radius 1 is 1.67 bits per heavy atom. The number of nitrogens with zero attached hydrogens (tertiary/aromatic N) is 2. The molecule has 1 aromatic rings. The summed E-state index contributed by atoms with van der Waals surface area (Å²) in [5.41, 5.74) is 0.493. The van der Waals surface area contributed by atoms with Crippen LogP contribution in [-0.4, -0.2) is 27.8 Å². The minimum atomic E-state index is -0.0180. The maximum atomic E-state index is 11.3. The lowest BCUT2D eigenvalue weighted by Gasteiger charge is -2.08. The molecule has 0 unspecified atom stereocenters. The highest BCUT2D eigenvalue weighted by Gasteiger charge is 2.05. The van der Waals surface area contributed by atoms with Crippen LogP contribution < -0.4 is 5.32 Å². The third-order valence-electron chi connectivity index (χ3n) is 1.89. The number of hydrogen-bond donors (Lipinski definition) is 1. The summed E-state index contributed by atoms with van der Waals surface area (Å²) in [6.07, 6.45) is 4.11. The van der Waals surface area contributed by atoms with Crippen LogP contribution in [0.25, 0.3) is 0 Å². The van der Waals surface area contributed by atoms with E-state index in [9.17, 15) is 9.59 Å². The van der Waals surface area contributed by atoms with Crippen molar-refractivity contribution in [3.63, 3.8) is 0 Å². The Morgan fingerprint density at radius 2 is 2.40 bits per heavy atom. The number of aldehydes is 1. The summed E-state index contributed by atoms with van der Waals surface area (Å²) in [5.74, 6) is -0.0180. The van der Waals surface area contributed by atoms with Gasteiger partial charge in [0, 0.05) is 19.0 Å². The van der Waals surface area contributed by atoms with Gasteiger partial charge in [-0.2, -0.15) is 0 Å². The number of aromatic nitrogens is 2. The lowest BCUT2D eigenvalue weighted by Crippen LogP contribution is -2.30. The first-order valence-corrected chi connectivity index (χ1v) is 4.88. The van der Waals surface area contributed by atoms with Gasteiger partial charge in [0.25, 0.3) is 0 Å². The third-order valence-corrected chi connectivity index (χ3v) is 1.89. The molecular weight excluding hydrogens is 194 g/mol. The molecule has 1 heterocycles. The monoisotopic (exact) mass is 209 g/mol. The first kappa shape index (κ1) is 11.4. The van der Waals surface area contributed by atoms with Crippen molar-refractivity contribution in [3.05, 3.63) is 18.2 Å². The lowest BCUT2D eigenvalue weighted by molar-refractivity contribution is -0.121. The van der Waals surface area contributed by atoms with Gasteiger partial charge >= 0.3 is 0 Å². The van der Waals surface area contributed by atoms with E-state index in [0.29, 0.717) is 18.7 Å². The summed E-state index contributed by atoms with van der Waals surface area (Å²) in [6.45, 7) is 4.30. The highest BCUT2D eigenvalue weighted by molar-refractivity contribution is 5.76. The molecule has 0 fully saturated rings. The van der Waals surface area contributed by atoms with Gasteiger partial charge in [-0.3, -0.25) is 9.59 Å². The molecule has 0 aliphatic rings. The van der Waals surface area contributed by atoms with E-state index in [0.717, 1.165) is 6.29 Å². The fourth-order valence-corrected chi connectivity index (χ4v) is 1.23. The minimum absolute atomic E-state index is 0.0180. The fraction of sp³-hybridized carbons (Fsp3) is 0.500. The van der Waals surface area contributed by atoms with Crippen LogP contribution in [0.3, 0.4) is 0 Å². The van der Waals surface area contributed by atoms with Crippen molar-refractivity contribution in [2.75, 3.05) is 0 Å². The second kappa shape index (κ2) is 5.29. The summed E-state index contributed by atoms with van der Waals surface area (Å²) >= 11 is 0. The molecule has 1 aromatic heterocycles. The molecule has 1 rings (SSSR count). The molecule has 0 atom stereocenters. The van der Waals surface area contributed by atoms with Gasteiger partial charge in [-0.25, -0.2) is 4.98 Å². The molecule has 5 nitrogen and oxygen atoms in total. The van der Waals surface area contributed by atoms with Crippen LogP contribution in [0.15, 0.2) is 12.5 Å². The summed E-state index contributed by atoms with van der Waals surface area (Å²) in [6, 6.07) is 0.144. The molecular formula is C10H15N3O2. The zero-order chi connectivity index (χ0) is 11.3. The zero-order valence-electron chi connectivity index (χ0n) is 8.93. The lowest BCUT2D eigenvalue weighted by atomic mass is 10.3. The number of carbonyl (C=O) groups is 2. The smallest absolute Gasteiger partial charge is 0.221 e. The fourth-order valence-electron chi connectivity index (χ4n) is 1.23. The maximum Gasteiger partial charge on any atom is 0.221 e. The molecule has 0 saturated carbocycles. The van der Waals surface area contributed by atoms with E-state index in [4.69, 9.17) is 0 Å². The molecule has 0 saturated heterocycles. The highest BCUT2D eigenvalue weighted by Crippen LogP contribution is 1.97. The maximum absolute atomic E-state index is 11.3. The van der Waals surface area contributed by atoms with E-state index in [1.54, 1.807) is 10.9 Å². The summed E-state index contributed by atoms with van der Waals surface area (Å²) in [7, 11) is 0. The van der Waals surface area contributed by atoms with Gasteiger partial charge in [0.05, 0.1) is 12.5 Å². The van der Waals surface area contributed by atoms with Crippen LogP contribution in [0, 0.1) is 0 Å².